The summed E-state index contributed by atoms with van der Waals surface area (Å²) in [4.78, 5) is 1.67. The van der Waals surface area contributed by atoms with E-state index in [1.54, 1.807) is 0 Å². The van der Waals surface area contributed by atoms with E-state index >= 15 is 0 Å². The molecule has 0 fully saturated rings. The second-order valence-electron chi connectivity index (χ2n) is 3.77. The maximum atomic E-state index is 8.90. The van der Waals surface area contributed by atoms with E-state index in [1.807, 2.05) is 12.1 Å². The molecule has 0 spiro atoms. The number of thiophene rings is 1. The van der Waals surface area contributed by atoms with Crippen LogP contribution in [0.1, 0.15) is 16.0 Å². The van der Waals surface area contributed by atoms with Gasteiger partial charge in [0.25, 0.3) is 0 Å². The molecule has 0 saturated carbocycles. The van der Waals surface area contributed by atoms with Crippen LogP contribution in [-0.2, 0) is 0 Å². The number of nitrogen functional groups attached to an aromatic ring is 1. The van der Waals surface area contributed by atoms with Gasteiger partial charge < -0.3 is 5.73 Å². The highest BCUT2D eigenvalue weighted by Gasteiger charge is 2.11. The van der Waals surface area contributed by atoms with Crippen molar-refractivity contribution < 1.29 is 0 Å². The van der Waals surface area contributed by atoms with Gasteiger partial charge in [0, 0.05) is 4.88 Å². The summed E-state index contributed by atoms with van der Waals surface area (Å²) in [6.07, 6.45) is 0. The number of nitrogens with zero attached hydrogens (tertiary/aromatic N) is 1. The Kier molecular flexibility index (Phi) is 2.67. The summed E-state index contributed by atoms with van der Waals surface area (Å²) < 4.78 is 0. The molecular weight excluding hydrogens is 216 g/mol. The molecule has 0 bridgehead atoms. The number of nitrogens with two attached hydrogens (primary N) is 1. The van der Waals surface area contributed by atoms with Crippen molar-refractivity contribution in [2.45, 2.75) is 13.8 Å². The van der Waals surface area contributed by atoms with Gasteiger partial charge in [0.1, 0.15) is 10.9 Å². The van der Waals surface area contributed by atoms with Gasteiger partial charge >= 0.3 is 0 Å². The summed E-state index contributed by atoms with van der Waals surface area (Å²) in [5.74, 6) is 0. The third-order valence-electron chi connectivity index (χ3n) is 2.59. The Balaban J connectivity index is 2.64. The predicted molar refractivity (Wildman–Crippen MR) is 68.4 cm³/mol. The lowest BCUT2D eigenvalue weighted by Crippen LogP contribution is -1.85. The number of aryl methyl sites for hydroxylation is 2. The molecule has 2 rings (SSSR count). The standard InChI is InChI=1S/C13H12N2S/c1-8-4-3-5-9(2)13(8)11-6-10(15)12(7-14)16-11/h3-6H,15H2,1-2H3. The first-order valence-electron chi connectivity index (χ1n) is 4.99. The largest absolute Gasteiger partial charge is 0.397 e. The topological polar surface area (TPSA) is 49.8 Å². The first-order valence-corrected chi connectivity index (χ1v) is 5.81. The Morgan fingerprint density at radius 1 is 1.25 bits per heavy atom. The molecule has 0 aliphatic carbocycles. The zero-order valence-electron chi connectivity index (χ0n) is 9.24. The summed E-state index contributed by atoms with van der Waals surface area (Å²) in [5.41, 5.74) is 9.97. The predicted octanol–water partition coefficient (Wildman–Crippen LogP) is 3.49. The van der Waals surface area contributed by atoms with E-state index in [9.17, 15) is 0 Å². The Morgan fingerprint density at radius 2 is 1.88 bits per heavy atom. The highest BCUT2D eigenvalue weighted by Crippen LogP contribution is 2.36. The SMILES string of the molecule is Cc1cccc(C)c1-c1cc(N)c(C#N)s1. The number of anilines is 1. The van der Waals surface area contributed by atoms with Gasteiger partial charge in [-0.05, 0) is 36.6 Å². The minimum absolute atomic E-state index is 0.574. The van der Waals surface area contributed by atoms with Crippen LogP contribution in [0.4, 0.5) is 5.69 Å². The maximum Gasteiger partial charge on any atom is 0.128 e. The molecule has 0 aliphatic rings. The lowest BCUT2D eigenvalue weighted by molar-refractivity contribution is 1.39. The molecule has 0 saturated heterocycles. The van der Waals surface area contributed by atoms with Crippen molar-refractivity contribution in [3.8, 4) is 16.5 Å². The number of benzene rings is 1. The van der Waals surface area contributed by atoms with Crippen LogP contribution in [0.2, 0.25) is 0 Å². The van der Waals surface area contributed by atoms with Gasteiger partial charge in [0.2, 0.25) is 0 Å². The lowest BCUT2D eigenvalue weighted by Gasteiger charge is -2.06. The van der Waals surface area contributed by atoms with Crippen LogP contribution in [0.25, 0.3) is 10.4 Å². The van der Waals surface area contributed by atoms with Gasteiger partial charge in [-0.25, -0.2) is 0 Å². The van der Waals surface area contributed by atoms with Crippen LogP contribution in [0, 0.1) is 25.2 Å². The van der Waals surface area contributed by atoms with Crippen LogP contribution in [0.3, 0.4) is 0 Å². The molecule has 0 aliphatic heterocycles. The Bertz CT molecular complexity index is 556. The molecule has 1 heterocycles. The van der Waals surface area contributed by atoms with Gasteiger partial charge in [-0.2, -0.15) is 5.26 Å². The molecular formula is C13H12N2S. The third kappa shape index (κ3) is 1.68. The van der Waals surface area contributed by atoms with Crippen molar-refractivity contribution in [3.63, 3.8) is 0 Å². The summed E-state index contributed by atoms with van der Waals surface area (Å²) in [7, 11) is 0. The third-order valence-corrected chi connectivity index (χ3v) is 3.66. The second-order valence-corrected chi connectivity index (χ2v) is 4.83. The van der Waals surface area contributed by atoms with Gasteiger partial charge in [-0.1, -0.05) is 18.2 Å². The van der Waals surface area contributed by atoms with E-state index in [-0.39, 0.29) is 0 Å². The highest BCUT2D eigenvalue weighted by atomic mass is 32.1. The number of nitriles is 1. The highest BCUT2D eigenvalue weighted by molar-refractivity contribution is 7.16. The molecule has 1 aromatic heterocycles. The first kappa shape index (κ1) is 10.7. The average Bonchev–Trinajstić information content (AvgIpc) is 2.59. The molecule has 2 N–H and O–H groups in total. The van der Waals surface area contributed by atoms with Gasteiger partial charge in [0.05, 0.1) is 5.69 Å². The van der Waals surface area contributed by atoms with Gasteiger partial charge in [-0.15, -0.1) is 11.3 Å². The van der Waals surface area contributed by atoms with Crippen molar-refractivity contribution in [2.24, 2.45) is 0 Å². The van der Waals surface area contributed by atoms with Gasteiger partial charge in [-0.3, -0.25) is 0 Å². The van der Waals surface area contributed by atoms with E-state index < -0.39 is 0 Å². The molecule has 80 valence electrons. The minimum atomic E-state index is 0.574. The number of hydrogen-bond acceptors (Lipinski definition) is 3. The first-order chi connectivity index (χ1) is 7.63. The van der Waals surface area contributed by atoms with Crippen LogP contribution >= 0.6 is 11.3 Å². The van der Waals surface area contributed by atoms with E-state index in [0.717, 1.165) is 4.88 Å². The van der Waals surface area contributed by atoms with Crippen LogP contribution in [0.5, 0.6) is 0 Å². The van der Waals surface area contributed by atoms with Crippen LogP contribution in [0.15, 0.2) is 24.3 Å². The molecule has 16 heavy (non-hydrogen) atoms. The van der Waals surface area contributed by atoms with E-state index in [1.165, 1.54) is 28.0 Å². The summed E-state index contributed by atoms with van der Waals surface area (Å²) in [6.45, 7) is 4.15. The zero-order chi connectivity index (χ0) is 11.7. The number of rotatable bonds is 1. The smallest absolute Gasteiger partial charge is 0.128 e. The quantitative estimate of drug-likeness (QED) is 0.812. The fourth-order valence-corrected chi connectivity index (χ4v) is 2.87. The summed E-state index contributed by atoms with van der Waals surface area (Å²) in [6, 6.07) is 10.2. The molecule has 0 amide bonds. The van der Waals surface area contributed by atoms with Gasteiger partial charge in [0.15, 0.2) is 0 Å². The van der Waals surface area contributed by atoms with Crippen molar-refractivity contribution >= 4 is 17.0 Å². The molecule has 0 radical (unpaired) electrons. The monoisotopic (exact) mass is 228 g/mol. The molecule has 3 heteroatoms. The van der Waals surface area contributed by atoms with Crippen LogP contribution < -0.4 is 5.73 Å². The summed E-state index contributed by atoms with van der Waals surface area (Å²) >= 11 is 1.45. The van der Waals surface area contributed by atoms with Crippen molar-refractivity contribution in [1.82, 2.24) is 0 Å². The second kappa shape index (κ2) is 3.99. The average molecular weight is 228 g/mol. The summed E-state index contributed by atoms with van der Waals surface area (Å²) in [5, 5.41) is 8.90. The van der Waals surface area contributed by atoms with E-state index in [4.69, 9.17) is 11.0 Å². The van der Waals surface area contributed by atoms with E-state index in [0.29, 0.717) is 10.6 Å². The molecule has 0 atom stereocenters. The maximum absolute atomic E-state index is 8.90. The van der Waals surface area contributed by atoms with Crippen LogP contribution in [-0.4, -0.2) is 0 Å². The van der Waals surface area contributed by atoms with Crippen molar-refractivity contribution in [2.75, 3.05) is 5.73 Å². The van der Waals surface area contributed by atoms with E-state index in [2.05, 4.69) is 32.0 Å². The Hall–Kier alpha value is -1.79. The Labute approximate surface area is 99.0 Å². The molecule has 2 nitrogen and oxygen atoms in total. The van der Waals surface area contributed by atoms with Crippen molar-refractivity contribution in [1.29, 1.82) is 5.26 Å². The molecule has 2 aromatic rings. The fourth-order valence-electron chi connectivity index (χ4n) is 1.82. The normalized spacial score (nSPS) is 10.1. The molecule has 0 unspecified atom stereocenters. The Morgan fingerprint density at radius 3 is 2.38 bits per heavy atom. The molecule has 1 aromatic carbocycles. The lowest BCUT2D eigenvalue weighted by atomic mass is 10.0. The minimum Gasteiger partial charge on any atom is -0.397 e. The number of hydrogen-bond donors (Lipinski definition) is 1. The van der Waals surface area contributed by atoms with Crippen molar-refractivity contribution in [3.05, 3.63) is 40.3 Å². The fraction of sp³-hybridized carbons (Fsp3) is 0.154. The zero-order valence-corrected chi connectivity index (χ0v) is 10.1.